The second-order valence-corrected chi connectivity index (χ2v) is 6.75. The molecule has 0 N–H and O–H groups in total. The zero-order valence-corrected chi connectivity index (χ0v) is 17.5. The summed E-state index contributed by atoms with van der Waals surface area (Å²) in [4.78, 5) is 24.1. The lowest BCUT2D eigenvalue weighted by molar-refractivity contribution is -0.143. The summed E-state index contributed by atoms with van der Waals surface area (Å²) in [5.41, 5.74) is 3.60. The molecule has 158 valence electrons. The van der Waals surface area contributed by atoms with E-state index < -0.39 is 5.97 Å². The highest BCUT2D eigenvalue weighted by Gasteiger charge is 2.21. The normalized spacial score (nSPS) is 10.4. The molecule has 0 fully saturated rings. The Labute approximate surface area is 181 Å². The van der Waals surface area contributed by atoms with Crippen LogP contribution in [-0.2, 0) is 20.7 Å². The van der Waals surface area contributed by atoms with Gasteiger partial charge in [-0.25, -0.2) is 4.79 Å². The minimum absolute atomic E-state index is 0.167. The molecule has 1 heterocycles. The number of hydrogen-bond donors (Lipinski definition) is 0. The quantitative estimate of drug-likeness (QED) is 0.471. The van der Waals surface area contributed by atoms with Crippen molar-refractivity contribution in [3.8, 4) is 28.5 Å². The summed E-state index contributed by atoms with van der Waals surface area (Å²) in [5, 5.41) is 8.94. The van der Waals surface area contributed by atoms with Crippen LogP contribution in [0.4, 0.5) is 0 Å². The third-order valence-corrected chi connectivity index (χ3v) is 4.65. The highest BCUT2D eigenvalue weighted by Crippen LogP contribution is 2.31. The average Bonchev–Trinajstić information content (AvgIpc) is 3.23. The summed E-state index contributed by atoms with van der Waals surface area (Å²) < 4.78 is 16.0. The molecule has 6 heteroatoms. The molecule has 0 saturated carbocycles. The molecule has 0 aliphatic heterocycles. The van der Waals surface area contributed by atoms with Crippen molar-refractivity contribution in [3.63, 3.8) is 0 Å². The van der Waals surface area contributed by atoms with Gasteiger partial charge >= 0.3 is 11.9 Å². The Hall–Kier alpha value is -3.85. The SMILES string of the molecule is CCOC(=O)CCc1cc(C(=O)OCC)c(-c2ccc(-c3ccc(C#N)cc3)cc2)o1. The molecule has 0 radical (unpaired) electrons. The van der Waals surface area contributed by atoms with Crippen LogP contribution < -0.4 is 0 Å². The van der Waals surface area contributed by atoms with E-state index in [4.69, 9.17) is 19.2 Å². The van der Waals surface area contributed by atoms with Crippen LogP contribution in [0.25, 0.3) is 22.5 Å². The molecule has 0 spiro atoms. The Balaban J connectivity index is 1.87. The number of furan rings is 1. The second-order valence-electron chi connectivity index (χ2n) is 6.75. The van der Waals surface area contributed by atoms with Gasteiger partial charge in [0.25, 0.3) is 0 Å². The summed E-state index contributed by atoms with van der Waals surface area (Å²) in [5.74, 6) is 0.135. The van der Waals surface area contributed by atoms with E-state index in [2.05, 4.69) is 6.07 Å². The molecular weight excluding hydrogens is 394 g/mol. The summed E-state index contributed by atoms with van der Waals surface area (Å²) in [6, 6.07) is 18.6. The van der Waals surface area contributed by atoms with Crippen molar-refractivity contribution in [1.29, 1.82) is 5.26 Å². The number of carbonyl (C=O) groups is 2. The Morgan fingerprint density at radius 3 is 2.06 bits per heavy atom. The number of nitriles is 1. The standard InChI is InChI=1S/C25H23NO5/c1-3-29-23(27)14-13-21-15-22(25(28)30-4-2)24(31-21)20-11-9-19(10-12-20)18-7-5-17(16-26)6-8-18/h5-12,15H,3-4,13-14H2,1-2H3. The van der Waals surface area contributed by atoms with Gasteiger partial charge in [0, 0.05) is 12.0 Å². The van der Waals surface area contributed by atoms with Crippen molar-refractivity contribution < 1.29 is 23.5 Å². The van der Waals surface area contributed by atoms with E-state index in [9.17, 15) is 9.59 Å². The van der Waals surface area contributed by atoms with Gasteiger partial charge in [-0.3, -0.25) is 4.79 Å². The molecule has 0 saturated heterocycles. The summed E-state index contributed by atoms with van der Waals surface area (Å²) in [6.45, 7) is 4.07. The molecule has 31 heavy (non-hydrogen) atoms. The second kappa shape index (κ2) is 10.3. The van der Waals surface area contributed by atoms with Crippen LogP contribution in [0.1, 0.15) is 41.9 Å². The summed E-state index contributed by atoms with van der Waals surface area (Å²) in [7, 11) is 0. The fourth-order valence-corrected chi connectivity index (χ4v) is 3.15. The highest BCUT2D eigenvalue weighted by atomic mass is 16.5. The van der Waals surface area contributed by atoms with Crippen molar-refractivity contribution >= 4 is 11.9 Å². The number of rotatable bonds is 8. The predicted molar refractivity (Wildman–Crippen MR) is 115 cm³/mol. The van der Waals surface area contributed by atoms with Crippen LogP contribution in [0.5, 0.6) is 0 Å². The van der Waals surface area contributed by atoms with Crippen LogP contribution in [0.3, 0.4) is 0 Å². The zero-order chi connectivity index (χ0) is 22.2. The molecule has 0 bridgehead atoms. The van der Waals surface area contributed by atoms with Gasteiger partial charge in [0.15, 0.2) is 0 Å². The molecule has 6 nitrogen and oxygen atoms in total. The molecule has 1 aromatic heterocycles. The largest absolute Gasteiger partial charge is 0.466 e. The minimum Gasteiger partial charge on any atom is -0.466 e. The monoisotopic (exact) mass is 417 g/mol. The first-order valence-corrected chi connectivity index (χ1v) is 10.1. The number of hydrogen-bond acceptors (Lipinski definition) is 6. The van der Waals surface area contributed by atoms with Gasteiger partial charge in [-0.1, -0.05) is 36.4 Å². The molecule has 0 unspecified atom stereocenters. The van der Waals surface area contributed by atoms with Crippen LogP contribution in [0, 0.1) is 11.3 Å². The summed E-state index contributed by atoms with van der Waals surface area (Å²) in [6.07, 6.45) is 0.495. The minimum atomic E-state index is -0.472. The van der Waals surface area contributed by atoms with E-state index >= 15 is 0 Å². The maximum Gasteiger partial charge on any atom is 0.342 e. The fraction of sp³-hybridized carbons (Fsp3) is 0.240. The smallest absolute Gasteiger partial charge is 0.342 e. The molecule has 2 aromatic carbocycles. The van der Waals surface area contributed by atoms with Crippen molar-refractivity contribution in [1.82, 2.24) is 0 Å². The first-order chi connectivity index (χ1) is 15.0. The van der Waals surface area contributed by atoms with E-state index in [1.54, 1.807) is 32.0 Å². The van der Waals surface area contributed by atoms with Crippen molar-refractivity contribution in [2.45, 2.75) is 26.7 Å². The Morgan fingerprint density at radius 2 is 1.48 bits per heavy atom. The van der Waals surface area contributed by atoms with E-state index in [0.29, 0.717) is 35.7 Å². The van der Waals surface area contributed by atoms with Crippen molar-refractivity contribution in [2.75, 3.05) is 13.2 Å². The molecule has 0 aliphatic carbocycles. The van der Waals surface area contributed by atoms with Gasteiger partial charge < -0.3 is 13.9 Å². The van der Waals surface area contributed by atoms with Crippen LogP contribution in [0.2, 0.25) is 0 Å². The molecule has 0 amide bonds. The maximum absolute atomic E-state index is 12.4. The van der Waals surface area contributed by atoms with Gasteiger partial charge in [-0.2, -0.15) is 5.26 Å². The van der Waals surface area contributed by atoms with Crippen molar-refractivity contribution in [3.05, 3.63) is 71.5 Å². The fourth-order valence-electron chi connectivity index (χ4n) is 3.15. The molecule has 0 atom stereocenters. The Kier molecular flexibility index (Phi) is 7.23. The van der Waals surface area contributed by atoms with E-state index in [1.165, 1.54) is 0 Å². The third-order valence-electron chi connectivity index (χ3n) is 4.65. The van der Waals surface area contributed by atoms with Crippen LogP contribution in [0.15, 0.2) is 59.0 Å². The van der Waals surface area contributed by atoms with E-state index in [0.717, 1.165) is 16.7 Å². The Morgan fingerprint density at radius 1 is 0.903 bits per heavy atom. The van der Waals surface area contributed by atoms with Crippen molar-refractivity contribution in [2.24, 2.45) is 0 Å². The molecular formula is C25H23NO5. The van der Waals surface area contributed by atoms with Gasteiger partial charge in [0.1, 0.15) is 17.1 Å². The number of nitrogens with zero attached hydrogens (tertiary/aromatic N) is 1. The van der Waals surface area contributed by atoms with E-state index in [1.807, 2.05) is 36.4 Å². The van der Waals surface area contributed by atoms with Crippen LogP contribution in [-0.4, -0.2) is 25.2 Å². The van der Waals surface area contributed by atoms with Gasteiger partial charge in [0.05, 0.1) is 31.3 Å². The average molecular weight is 417 g/mol. The van der Waals surface area contributed by atoms with Gasteiger partial charge in [0.2, 0.25) is 0 Å². The first-order valence-electron chi connectivity index (χ1n) is 10.1. The number of benzene rings is 2. The Bertz CT molecular complexity index is 1090. The lowest BCUT2D eigenvalue weighted by Crippen LogP contribution is -2.05. The first kappa shape index (κ1) is 21.8. The molecule has 0 aliphatic rings. The highest BCUT2D eigenvalue weighted by molar-refractivity contribution is 5.96. The predicted octanol–water partition coefficient (Wildman–Crippen LogP) is 5.16. The van der Waals surface area contributed by atoms with Crippen LogP contribution >= 0.6 is 0 Å². The van der Waals surface area contributed by atoms with E-state index in [-0.39, 0.29) is 19.0 Å². The number of esters is 2. The number of aryl methyl sites for hydroxylation is 1. The molecule has 3 rings (SSSR count). The maximum atomic E-state index is 12.4. The lowest BCUT2D eigenvalue weighted by atomic mass is 10.0. The van der Waals surface area contributed by atoms with Gasteiger partial charge in [-0.05, 0) is 43.2 Å². The third kappa shape index (κ3) is 5.40. The molecule has 3 aromatic rings. The number of ether oxygens (including phenoxy) is 2. The lowest BCUT2D eigenvalue weighted by Gasteiger charge is -2.05. The summed E-state index contributed by atoms with van der Waals surface area (Å²) >= 11 is 0. The zero-order valence-electron chi connectivity index (χ0n) is 17.5. The number of carbonyl (C=O) groups excluding carboxylic acids is 2. The topological polar surface area (TPSA) is 89.5 Å². The van der Waals surface area contributed by atoms with Gasteiger partial charge in [-0.15, -0.1) is 0 Å².